The molecule has 0 amide bonds. The number of halogens is 5. The molecule has 0 fully saturated rings. The molecular formula is C13H18ClF4N. The maximum atomic E-state index is 13.1. The van der Waals surface area contributed by atoms with Gasteiger partial charge < -0.3 is 5.73 Å². The van der Waals surface area contributed by atoms with E-state index in [4.69, 9.17) is 5.73 Å². The van der Waals surface area contributed by atoms with Gasteiger partial charge in [0.05, 0.1) is 5.56 Å². The van der Waals surface area contributed by atoms with Crippen LogP contribution in [0.25, 0.3) is 0 Å². The predicted molar refractivity (Wildman–Crippen MR) is 69.7 cm³/mol. The second-order valence-corrected chi connectivity index (χ2v) is 4.33. The molecule has 0 heterocycles. The number of alkyl halides is 3. The molecule has 0 unspecified atom stereocenters. The molecule has 110 valence electrons. The highest BCUT2D eigenvalue weighted by Crippen LogP contribution is 2.35. The Labute approximate surface area is 116 Å². The fraction of sp³-hybridized carbons (Fsp3) is 0.538. The zero-order chi connectivity index (χ0) is 13.8. The van der Waals surface area contributed by atoms with E-state index in [0.717, 1.165) is 37.5 Å². The Kier molecular flexibility index (Phi) is 7.37. The van der Waals surface area contributed by atoms with E-state index < -0.39 is 23.6 Å². The second kappa shape index (κ2) is 7.70. The first-order valence-corrected chi connectivity index (χ1v) is 5.98. The largest absolute Gasteiger partial charge is 0.416 e. The summed E-state index contributed by atoms with van der Waals surface area (Å²) in [5.41, 5.74) is 4.74. The third-order valence-corrected chi connectivity index (χ3v) is 2.84. The van der Waals surface area contributed by atoms with Crippen molar-refractivity contribution in [3.8, 4) is 0 Å². The van der Waals surface area contributed by atoms with Gasteiger partial charge in [0.1, 0.15) is 5.82 Å². The van der Waals surface area contributed by atoms with Crippen LogP contribution in [0.4, 0.5) is 17.6 Å². The Hall–Kier alpha value is -0.810. The molecule has 0 saturated carbocycles. The maximum absolute atomic E-state index is 13.1. The van der Waals surface area contributed by atoms with Crippen LogP contribution in [0.3, 0.4) is 0 Å². The number of nitrogens with two attached hydrogens (primary N) is 1. The smallest absolute Gasteiger partial charge is 0.324 e. The van der Waals surface area contributed by atoms with Gasteiger partial charge in [0.15, 0.2) is 0 Å². The minimum absolute atomic E-state index is 0. The van der Waals surface area contributed by atoms with Crippen LogP contribution in [-0.4, -0.2) is 0 Å². The van der Waals surface area contributed by atoms with Gasteiger partial charge in [-0.05, 0) is 30.2 Å². The van der Waals surface area contributed by atoms with E-state index in [9.17, 15) is 17.6 Å². The molecule has 1 rings (SSSR count). The summed E-state index contributed by atoms with van der Waals surface area (Å²) in [5.74, 6) is -0.691. The predicted octanol–water partition coefficient (Wildman–Crippen LogP) is 4.85. The van der Waals surface area contributed by atoms with Crippen LogP contribution in [-0.2, 0) is 6.18 Å². The van der Waals surface area contributed by atoms with Crippen LogP contribution in [0, 0.1) is 5.82 Å². The molecule has 1 aromatic rings. The highest BCUT2D eigenvalue weighted by atomic mass is 35.5. The fourth-order valence-corrected chi connectivity index (χ4v) is 1.87. The molecule has 0 saturated heterocycles. The number of benzene rings is 1. The molecule has 6 heteroatoms. The first kappa shape index (κ1) is 18.2. The Balaban J connectivity index is 0.00000324. The van der Waals surface area contributed by atoms with Crippen molar-refractivity contribution in [3.05, 3.63) is 35.1 Å². The third-order valence-electron chi connectivity index (χ3n) is 2.84. The monoisotopic (exact) mass is 299 g/mol. The van der Waals surface area contributed by atoms with Gasteiger partial charge in [-0.1, -0.05) is 26.2 Å². The Bertz CT molecular complexity index is 393. The van der Waals surface area contributed by atoms with Crippen LogP contribution in [0.2, 0.25) is 0 Å². The lowest BCUT2D eigenvalue weighted by atomic mass is 9.96. The number of hydrogen-bond acceptors (Lipinski definition) is 1. The van der Waals surface area contributed by atoms with Gasteiger partial charge in [0.2, 0.25) is 0 Å². The summed E-state index contributed by atoms with van der Waals surface area (Å²) in [6, 6.07) is 1.68. The van der Waals surface area contributed by atoms with E-state index in [-0.39, 0.29) is 18.0 Å². The summed E-state index contributed by atoms with van der Waals surface area (Å²) in [7, 11) is 0. The molecule has 0 aromatic heterocycles. The van der Waals surface area contributed by atoms with Gasteiger partial charge in [-0.2, -0.15) is 13.2 Å². The lowest BCUT2D eigenvalue weighted by Gasteiger charge is -2.18. The topological polar surface area (TPSA) is 26.0 Å². The molecule has 0 aliphatic heterocycles. The molecule has 2 N–H and O–H groups in total. The van der Waals surface area contributed by atoms with Crippen molar-refractivity contribution in [2.75, 3.05) is 0 Å². The zero-order valence-electron chi connectivity index (χ0n) is 10.6. The van der Waals surface area contributed by atoms with Gasteiger partial charge in [-0.3, -0.25) is 0 Å². The highest BCUT2D eigenvalue weighted by molar-refractivity contribution is 5.85. The van der Waals surface area contributed by atoms with Crippen molar-refractivity contribution in [2.24, 2.45) is 5.73 Å². The molecule has 0 spiro atoms. The Morgan fingerprint density at radius 3 is 2.37 bits per heavy atom. The van der Waals surface area contributed by atoms with Crippen LogP contribution in [0.5, 0.6) is 0 Å². The molecule has 0 aliphatic carbocycles. The first-order chi connectivity index (χ1) is 8.36. The number of rotatable bonds is 5. The molecule has 19 heavy (non-hydrogen) atoms. The minimum Gasteiger partial charge on any atom is -0.324 e. The molecule has 0 aliphatic rings. The maximum Gasteiger partial charge on any atom is 0.416 e. The Morgan fingerprint density at radius 1 is 1.21 bits per heavy atom. The standard InChI is InChI=1S/C13H17F4N.ClH/c1-2-3-4-5-12(18)10-8-9(14)6-7-11(10)13(15,16)17;/h6-8,12H,2-5,18H2,1H3;1H/t12-;/m1./s1. The molecule has 0 bridgehead atoms. The number of hydrogen-bond donors (Lipinski definition) is 1. The summed E-state index contributed by atoms with van der Waals surface area (Å²) in [4.78, 5) is 0. The first-order valence-electron chi connectivity index (χ1n) is 5.98. The normalized spacial score (nSPS) is 12.9. The molecule has 1 nitrogen and oxygen atoms in total. The van der Waals surface area contributed by atoms with E-state index in [2.05, 4.69) is 0 Å². The summed E-state index contributed by atoms with van der Waals surface area (Å²) in [6.45, 7) is 1.99. The molecule has 1 aromatic carbocycles. The number of unbranched alkanes of at least 4 members (excludes halogenated alkanes) is 2. The molecule has 0 radical (unpaired) electrons. The quantitative estimate of drug-likeness (QED) is 0.610. The van der Waals surface area contributed by atoms with E-state index in [1.54, 1.807) is 0 Å². The SMILES string of the molecule is CCCCC[C@@H](N)c1cc(F)ccc1C(F)(F)F.Cl. The fourth-order valence-electron chi connectivity index (χ4n) is 1.87. The third kappa shape index (κ3) is 5.37. The molecule has 1 atom stereocenters. The van der Waals surface area contributed by atoms with Crippen molar-refractivity contribution < 1.29 is 17.6 Å². The summed E-state index contributed by atoms with van der Waals surface area (Å²) >= 11 is 0. The zero-order valence-corrected chi connectivity index (χ0v) is 11.5. The average Bonchev–Trinajstić information content (AvgIpc) is 2.27. The van der Waals surface area contributed by atoms with Crippen molar-refractivity contribution in [1.29, 1.82) is 0 Å². The summed E-state index contributed by atoms with van der Waals surface area (Å²) < 4.78 is 51.3. The second-order valence-electron chi connectivity index (χ2n) is 4.33. The van der Waals surface area contributed by atoms with Crippen LogP contribution in [0.1, 0.15) is 49.8 Å². The van der Waals surface area contributed by atoms with E-state index in [0.29, 0.717) is 6.42 Å². The van der Waals surface area contributed by atoms with Crippen molar-refractivity contribution >= 4 is 12.4 Å². The van der Waals surface area contributed by atoms with Gasteiger partial charge in [0.25, 0.3) is 0 Å². The summed E-state index contributed by atoms with van der Waals surface area (Å²) in [6.07, 6.45) is -1.45. The van der Waals surface area contributed by atoms with Crippen molar-refractivity contribution in [2.45, 2.75) is 44.8 Å². The van der Waals surface area contributed by atoms with Gasteiger partial charge in [-0.15, -0.1) is 12.4 Å². The Morgan fingerprint density at radius 2 is 1.84 bits per heavy atom. The van der Waals surface area contributed by atoms with Crippen LogP contribution in [0.15, 0.2) is 18.2 Å². The van der Waals surface area contributed by atoms with Crippen molar-refractivity contribution in [1.82, 2.24) is 0 Å². The van der Waals surface area contributed by atoms with Crippen molar-refractivity contribution in [3.63, 3.8) is 0 Å². The van der Waals surface area contributed by atoms with Crippen LogP contribution >= 0.6 is 12.4 Å². The lowest BCUT2D eigenvalue weighted by molar-refractivity contribution is -0.138. The van der Waals surface area contributed by atoms with E-state index in [1.807, 2.05) is 6.92 Å². The minimum atomic E-state index is -4.49. The van der Waals surface area contributed by atoms with Gasteiger partial charge in [0, 0.05) is 6.04 Å². The van der Waals surface area contributed by atoms with Crippen LogP contribution < -0.4 is 5.73 Å². The van der Waals surface area contributed by atoms with E-state index in [1.165, 1.54) is 0 Å². The average molecular weight is 300 g/mol. The van der Waals surface area contributed by atoms with Gasteiger partial charge >= 0.3 is 6.18 Å². The van der Waals surface area contributed by atoms with Gasteiger partial charge in [-0.25, -0.2) is 4.39 Å². The summed E-state index contributed by atoms with van der Waals surface area (Å²) in [5, 5.41) is 0. The molecular weight excluding hydrogens is 282 g/mol. The highest BCUT2D eigenvalue weighted by Gasteiger charge is 2.34. The van der Waals surface area contributed by atoms with E-state index >= 15 is 0 Å². The lowest BCUT2D eigenvalue weighted by Crippen LogP contribution is -2.18.